The number of nitrogens with zero attached hydrogens (tertiary/aromatic N) is 1. The number of hydrogen-bond acceptors (Lipinski definition) is 4. The number of aliphatic imine (C=N–C) groups is 1. The van der Waals surface area contributed by atoms with Crippen LogP contribution in [0.25, 0.3) is 0 Å². The van der Waals surface area contributed by atoms with Crippen molar-refractivity contribution in [2.45, 2.75) is 18.2 Å². The van der Waals surface area contributed by atoms with Gasteiger partial charge in [0, 0.05) is 5.02 Å². The number of rotatable bonds is 5. The SMILES string of the molecule is NC(=O)C1=C(O)C(Cc2ccc(Cl)cc2)SC1=NCc1ccccc1. The fraction of sp³-hybridized carbons (Fsp3) is 0.158. The highest BCUT2D eigenvalue weighted by Crippen LogP contribution is 2.36. The highest BCUT2D eigenvalue weighted by molar-refractivity contribution is 8.15. The van der Waals surface area contributed by atoms with Crippen LogP contribution in [0.2, 0.25) is 5.02 Å². The minimum Gasteiger partial charge on any atom is -0.510 e. The van der Waals surface area contributed by atoms with E-state index in [4.69, 9.17) is 17.3 Å². The summed E-state index contributed by atoms with van der Waals surface area (Å²) in [5.41, 5.74) is 7.62. The number of primary amides is 1. The molecule has 0 saturated carbocycles. The Kier molecular flexibility index (Phi) is 5.46. The van der Waals surface area contributed by atoms with Gasteiger partial charge >= 0.3 is 0 Å². The molecule has 4 nitrogen and oxygen atoms in total. The average Bonchev–Trinajstić information content (AvgIpc) is 2.92. The van der Waals surface area contributed by atoms with Gasteiger partial charge in [-0.15, -0.1) is 0 Å². The molecule has 1 aliphatic heterocycles. The van der Waals surface area contributed by atoms with Crippen LogP contribution in [0.4, 0.5) is 0 Å². The number of halogens is 1. The van der Waals surface area contributed by atoms with E-state index < -0.39 is 5.91 Å². The lowest BCUT2D eigenvalue weighted by molar-refractivity contribution is -0.114. The first-order valence-corrected chi connectivity index (χ1v) is 9.03. The van der Waals surface area contributed by atoms with E-state index in [1.807, 2.05) is 42.5 Å². The predicted molar refractivity (Wildman–Crippen MR) is 103 cm³/mol. The van der Waals surface area contributed by atoms with Crippen molar-refractivity contribution >= 4 is 34.3 Å². The maximum absolute atomic E-state index is 11.8. The van der Waals surface area contributed by atoms with Gasteiger partial charge in [0.1, 0.15) is 16.4 Å². The third-order valence-corrected chi connectivity index (χ3v) is 5.34. The van der Waals surface area contributed by atoms with E-state index in [0.717, 1.165) is 11.1 Å². The second-order valence-electron chi connectivity index (χ2n) is 5.67. The molecule has 0 aromatic heterocycles. The van der Waals surface area contributed by atoms with Crippen molar-refractivity contribution in [2.75, 3.05) is 0 Å². The molecule has 128 valence electrons. The molecule has 6 heteroatoms. The molecule has 0 saturated heterocycles. The number of aliphatic hydroxyl groups excluding tert-OH is 1. The summed E-state index contributed by atoms with van der Waals surface area (Å²) in [6, 6.07) is 17.1. The van der Waals surface area contributed by atoms with Crippen molar-refractivity contribution in [2.24, 2.45) is 10.7 Å². The van der Waals surface area contributed by atoms with Crippen LogP contribution in [-0.2, 0) is 17.8 Å². The quantitative estimate of drug-likeness (QED) is 0.835. The molecular weight excluding hydrogens is 356 g/mol. The number of hydrogen-bond donors (Lipinski definition) is 2. The topological polar surface area (TPSA) is 75.7 Å². The van der Waals surface area contributed by atoms with Crippen LogP contribution >= 0.6 is 23.4 Å². The number of carbonyl (C=O) groups is 1. The zero-order chi connectivity index (χ0) is 17.8. The molecule has 1 heterocycles. The summed E-state index contributed by atoms with van der Waals surface area (Å²) < 4.78 is 0. The number of carbonyl (C=O) groups excluding carboxylic acids is 1. The summed E-state index contributed by atoms with van der Waals surface area (Å²) in [6.07, 6.45) is 0.564. The van der Waals surface area contributed by atoms with Gasteiger partial charge in [-0.1, -0.05) is 65.8 Å². The Balaban J connectivity index is 1.81. The van der Waals surface area contributed by atoms with Crippen molar-refractivity contribution < 1.29 is 9.90 Å². The van der Waals surface area contributed by atoms with E-state index in [1.54, 1.807) is 12.1 Å². The fourth-order valence-corrected chi connectivity index (χ4v) is 3.95. The van der Waals surface area contributed by atoms with Gasteiger partial charge in [-0.05, 0) is 29.7 Å². The first kappa shape index (κ1) is 17.6. The molecule has 1 aliphatic rings. The minimum atomic E-state index is -0.657. The van der Waals surface area contributed by atoms with Gasteiger partial charge in [-0.3, -0.25) is 9.79 Å². The zero-order valence-corrected chi connectivity index (χ0v) is 14.9. The standard InChI is InChI=1S/C19H17ClN2O2S/c20-14-8-6-12(7-9-14)10-15-17(23)16(18(21)24)19(25-15)22-11-13-4-2-1-3-5-13/h1-9,15,23H,10-11H2,(H2,21,24). The Hall–Kier alpha value is -2.24. The molecule has 3 rings (SSSR count). The van der Waals surface area contributed by atoms with E-state index >= 15 is 0 Å². The summed E-state index contributed by atoms with van der Waals surface area (Å²) in [6.45, 7) is 0.431. The third-order valence-electron chi connectivity index (χ3n) is 3.86. The van der Waals surface area contributed by atoms with Crippen molar-refractivity contribution in [3.05, 3.63) is 82.1 Å². The number of amides is 1. The first-order valence-electron chi connectivity index (χ1n) is 7.77. The largest absolute Gasteiger partial charge is 0.510 e. The van der Waals surface area contributed by atoms with Crippen LogP contribution in [0.15, 0.2) is 70.9 Å². The molecule has 1 unspecified atom stereocenters. The second kappa shape index (κ2) is 7.76. The Morgan fingerprint density at radius 3 is 2.44 bits per heavy atom. The highest BCUT2D eigenvalue weighted by atomic mass is 35.5. The van der Waals surface area contributed by atoms with Gasteiger partial charge in [0.15, 0.2) is 0 Å². The van der Waals surface area contributed by atoms with E-state index in [9.17, 15) is 9.90 Å². The number of thioether (sulfide) groups is 1. The van der Waals surface area contributed by atoms with Crippen molar-refractivity contribution in [1.82, 2.24) is 0 Å². The Morgan fingerprint density at radius 2 is 1.80 bits per heavy atom. The van der Waals surface area contributed by atoms with Gasteiger partial charge in [0.05, 0.1) is 11.8 Å². The normalized spacial score (nSPS) is 18.8. The monoisotopic (exact) mass is 372 g/mol. The Morgan fingerprint density at radius 1 is 1.12 bits per heavy atom. The van der Waals surface area contributed by atoms with Gasteiger partial charge < -0.3 is 10.8 Å². The van der Waals surface area contributed by atoms with Crippen molar-refractivity contribution in [3.63, 3.8) is 0 Å². The molecule has 0 fully saturated rings. The summed E-state index contributed by atoms with van der Waals surface area (Å²) in [4.78, 5) is 16.3. The van der Waals surface area contributed by atoms with E-state index in [2.05, 4.69) is 4.99 Å². The maximum atomic E-state index is 11.8. The number of aliphatic hydroxyl groups is 1. The van der Waals surface area contributed by atoms with Gasteiger partial charge in [0.2, 0.25) is 0 Å². The van der Waals surface area contributed by atoms with Gasteiger partial charge in [-0.25, -0.2) is 0 Å². The van der Waals surface area contributed by atoms with Crippen LogP contribution in [0.3, 0.4) is 0 Å². The van der Waals surface area contributed by atoms with Crippen LogP contribution in [0, 0.1) is 0 Å². The van der Waals surface area contributed by atoms with Crippen LogP contribution in [0.1, 0.15) is 11.1 Å². The van der Waals surface area contributed by atoms with E-state index in [1.165, 1.54) is 11.8 Å². The average molecular weight is 373 g/mol. The van der Waals surface area contributed by atoms with Gasteiger partial charge in [-0.2, -0.15) is 0 Å². The summed E-state index contributed by atoms with van der Waals surface area (Å²) >= 11 is 7.27. The molecule has 25 heavy (non-hydrogen) atoms. The molecule has 1 amide bonds. The Bertz CT molecular complexity index is 832. The lowest BCUT2D eigenvalue weighted by Crippen LogP contribution is -2.19. The highest BCUT2D eigenvalue weighted by Gasteiger charge is 2.34. The van der Waals surface area contributed by atoms with E-state index in [-0.39, 0.29) is 16.6 Å². The predicted octanol–water partition coefficient (Wildman–Crippen LogP) is 3.89. The lowest BCUT2D eigenvalue weighted by atomic mass is 10.1. The number of benzene rings is 2. The molecular formula is C19H17ClN2O2S. The number of nitrogens with two attached hydrogens (primary N) is 1. The Labute approximate surface area is 155 Å². The van der Waals surface area contributed by atoms with Crippen LogP contribution in [0.5, 0.6) is 0 Å². The summed E-state index contributed by atoms with van der Waals surface area (Å²) in [5, 5.41) is 11.3. The molecule has 2 aromatic carbocycles. The van der Waals surface area contributed by atoms with Crippen molar-refractivity contribution in [3.8, 4) is 0 Å². The van der Waals surface area contributed by atoms with Crippen LogP contribution in [-0.4, -0.2) is 21.3 Å². The zero-order valence-electron chi connectivity index (χ0n) is 13.4. The summed E-state index contributed by atoms with van der Waals surface area (Å²) in [5.74, 6) is -0.658. The molecule has 0 bridgehead atoms. The molecule has 3 N–H and O–H groups in total. The molecule has 2 aromatic rings. The van der Waals surface area contributed by atoms with Crippen LogP contribution < -0.4 is 5.73 Å². The molecule has 1 atom stereocenters. The fourth-order valence-electron chi connectivity index (χ4n) is 2.59. The first-order chi connectivity index (χ1) is 12.0. The third kappa shape index (κ3) is 4.24. The molecule has 0 aliphatic carbocycles. The van der Waals surface area contributed by atoms with Gasteiger partial charge in [0.25, 0.3) is 5.91 Å². The molecule has 0 spiro atoms. The maximum Gasteiger partial charge on any atom is 0.254 e. The second-order valence-corrected chi connectivity index (χ2v) is 7.30. The van der Waals surface area contributed by atoms with Crippen molar-refractivity contribution in [1.29, 1.82) is 0 Å². The van der Waals surface area contributed by atoms with E-state index in [0.29, 0.717) is 23.0 Å². The summed E-state index contributed by atoms with van der Waals surface area (Å²) in [7, 11) is 0. The minimum absolute atomic E-state index is 0.000684. The lowest BCUT2D eigenvalue weighted by Gasteiger charge is -2.09. The smallest absolute Gasteiger partial charge is 0.254 e. The molecule has 0 radical (unpaired) electrons.